The summed E-state index contributed by atoms with van der Waals surface area (Å²) < 4.78 is 1.49. The first-order valence-corrected chi connectivity index (χ1v) is 10.0. The molecule has 10 heteroatoms. The number of carbonyl (C=O) groups excluding carboxylic acids is 2. The van der Waals surface area contributed by atoms with Crippen LogP contribution in [0, 0.1) is 13.8 Å². The summed E-state index contributed by atoms with van der Waals surface area (Å²) in [6.45, 7) is 3.88. The highest BCUT2D eigenvalue weighted by Gasteiger charge is 2.26. The third kappa shape index (κ3) is 4.23. The molecule has 1 aliphatic rings. The molecule has 2 amide bonds. The highest BCUT2D eigenvalue weighted by atomic mass is 35.5. The predicted octanol–water partition coefficient (Wildman–Crippen LogP) is 2.16. The summed E-state index contributed by atoms with van der Waals surface area (Å²) in [4.78, 5) is 28.4. The summed E-state index contributed by atoms with van der Waals surface area (Å²) in [5.41, 5.74) is 4.38. The summed E-state index contributed by atoms with van der Waals surface area (Å²) in [5.74, 6) is -0.543. The molecule has 1 aliphatic heterocycles. The van der Waals surface area contributed by atoms with Gasteiger partial charge in [-0.05, 0) is 43.7 Å². The highest BCUT2D eigenvalue weighted by molar-refractivity contribution is 6.36. The van der Waals surface area contributed by atoms with E-state index in [0.29, 0.717) is 44.4 Å². The maximum absolute atomic E-state index is 12.8. The van der Waals surface area contributed by atoms with Gasteiger partial charge in [-0.3, -0.25) is 9.59 Å². The summed E-state index contributed by atoms with van der Waals surface area (Å²) in [6, 6.07) is 5.20. The molecule has 0 spiro atoms. The smallest absolute Gasteiger partial charge is 0.256 e. The number of aliphatic hydroxyl groups excluding tert-OH is 1. The third-order valence-electron chi connectivity index (χ3n) is 5.12. The summed E-state index contributed by atoms with van der Waals surface area (Å²) in [6.07, 6.45) is 4.06. The molecule has 160 valence electrons. The lowest BCUT2D eigenvalue weighted by Gasteiger charge is -2.12. The maximum atomic E-state index is 12.8. The zero-order valence-electron chi connectivity index (χ0n) is 16.9. The second-order valence-corrected chi connectivity index (χ2v) is 7.79. The van der Waals surface area contributed by atoms with Gasteiger partial charge in [0.05, 0.1) is 30.0 Å². The first kappa shape index (κ1) is 20.8. The number of H-pyrrole nitrogens is 1. The SMILES string of the molecule is Cc1[nH]c(/C=C2\C(=O)Nc3ccc(Cl)cc32)c(C)c1C(=O)NCC(O)Cn1ccnn1. The number of halogens is 1. The topological polar surface area (TPSA) is 125 Å². The van der Waals surface area contributed by atoms with Crippen LogP contribution in [-0.4, -0.2) is 49.5 Å². The number of aromatic nitrogens is 4. The Bertz CT molecular complexity index is 1180. The molecule has 0 aliphatic carbocycles. The predicted molar refractivity (Wildman–Crippen MR) is 117 cm³/mol. The van der Waals surface area contributed by atoms with Crippen LogP contribution in [0.1, 0.15) is 32.9 Å². The zero-order valence-corrected chi connectivity index (χ0v) is 17.7. The van der Waals surface area contributed by atoms with Gasteiger partial charge in [0.25, 0.3) is 11.8 Å². The van der Waals surface area contributed by atoms with E-state index in [0.717, 1.165) is 0 Å². The van der Waals surface area contributed by atoms with E-state index in [1.165, 1.54) is 10.9 Å². The van der Waals surface area contributed by atoms with Crippen molar-refractivity contribution in [2.24, 2.45) is 0 Å². The van der Waals surface area contributed by atoms with E-state index in [-0.39, 0.29) is 24.9 Å². The van der Waals surface area contributed by atoms with Crippen LogP contribution in [-0.2, 0) is 11.3 Å². The van der Waals surface area contributed by atoms with Crippen molar-refractivity contribution in [2.45, 2.75) is 26.5 Å². The molecule has 4 N–H and O–H groups in total. The van der Waals surface area contributed by atoms with Crippen LogP contribution in [0.25, 0.3) is 11.6 Å². The molecule has 4 rings (SSSR count). The number of aromatic amines is 1. The molecule has 0 bridgehead atoms. The largest absolute Gasteiger partial charge is 0.389 e. The van der Waals surface area contributed by atoms with Gasteiger partial charge in [0.1, 0.15) is 0 Å². The van der Waals surface area contributed by atoms with Crippen LogP contribution in [0.4, 0.5) is 5.69 Å². The number of nitrogens with one attached hydrogen (secondary N) is 3. The molecule has 2 aromatic heterocycles. The second-order valence-electron chi connectivity index (χ2n) is 7.35. The van der Waals surface area contributed by atoms with E-state index in [1.807, 2.05) is 6.92 Å². The number of nitrogens with zero attached hydrogens (tertiary/aromatic N) is 3. The minimum atomic E-state index is -0.810. The highest BCUT2D eigenvalue weighted by Crippen LogP contribution is 2.35. The lowest BCUT2D eigenvalue weighted by atomic mass is 10.0. The fraction of sp³-hybridized carbons (Fsp3) is 0.238. The molecular formula is C21H21ClN6O3. The standard InChI is InChI=1S/C21H21ClN6O3/c1-11-18(8-16-15-7-13(22)3-4-17(15)26-20(16)30)25-12(2)19(11)21(31)23-9-14(29)10-28-6-5-24-27-28/h3-8,14,25,29H,9-10H2,1-2H3,(H,23,31)(H,26,30)/b16-8-. The second kappa shape index (κ2) is 8.37. The molecule has 9 nitrogen and oxygen atoms in total. The van der Waals surface area contributed by atoms with Gasteiger partial charge in [-0.25, -0.2) is 4.68 Å². The number of aryl methyl sites for hydroxylation is 1. The van der Waals surface area contributed by atoms with Gasteiger partial charge in [-0.1, -0.05) is 16.8 Å². The van der Waals surface area contributed by atoms with Crippen LogP contribution in [0.3, 0.4) is 0 Å². The van der Waals surface area contributed by atoms with Gasteiger partial charge in [-0.2, -0.15) is 0 Å². The Morgan fingerprint density at radius 2 is 2.19 bits per heavy atom. The van der Waals surface area contributed by atoms with Crippen molar-refractivity contribution in [1.82, 2.24) is 25.3 Å². The van der Waals surface area contributed by atoms with Crippen molar-refractivity contribution in [3.63, 3.8) is 0 Å². The fourth-order valence-electron chi connectivity index (χ4n) is 3.62. The van der Waals surface area contributed by atoms with E-state index in [4.69, 9.17) is 11.6 Å². The van der Waals surface area contributed by atoms with Crippen molar-refractivity contribution in [2.75, 3.05) is 11.9 Å². The normalized spacial score (nSPS) is 15.1. The summed E-state index contributed by atoms with van der Waals surface area (Å²) in [7, 11) is 0. The van der Waals surface area contributed by atoms with Crippen molar-refractivity contribution >= 4 is 40.8 Å². The third-order valence-corrected chi connectivity index (χ3v) is 5.36. The van der Waals surface area contributed by atoms with E-state index in [1.54, 1.807) is 37.4 Å². The minimum absolute atomic E-state index is 0.0630. The maximum Gasteiger partial charge on any atom is 0.256 e. The number of rotatable bonds is 6. The van der Waals surface area contributed by atoms with Gasteiger partial charge in [0.15, 0.2) is 0 Å². The molecule has 1 unspecified atom stereocenters. The van der Waals surface area contributed by atoms with E-state index >= 15 is 0 Å². The van der Waals surface area contributed by atoms with Crippen LogP contribution in [0.5, 0.6) is 0 Å². The Morgan fingerprint density at radius 3 is 2.94 bits per heavy atom. The van der Waals surface area contributed by atoms with Gasteiger partial charge >= 0.3 is 0 Å². The Labute approximate surface area is 183 Å². The number of anilines is 1. The molecule has 1 atom stereocenters. The average molecular weight is 441 g/mol. The molecule has 0 radical (unpaired) electrons. The molecule has 31 heavy (non-hydrogen) atoms. The van der Waals surface area contributed by atoms with E-state index in [2.05, 4.69) is 25.9 Å². The summed E-state index contributed by atoms with van der Waals surface area (Å²) in [5, 5.41) is 23.7. The Kier molecular flexibility index (Phi) is 5.62. The van der Waals surface area contributed by atoms with Crippen LogP contribution < -0.4 is 10.6 Å². The van der Waals surface area contributed by atoms with Crippen molar-refractivity contribution in [3.05, 3.63) is 63.7 Å². The lowest BCUT2D eigenvalue weighted by Crippen LogP contribution is -2.35. The number of aliphatic hydroxyl groups is 1. The molecule has 0 fully saturated rings. The van der Waals surface area contributed by atoms with Crippen molar-refractivity contribution in [1.29, 1.82) is 0 Å². The van der Waals surface area contributed by atoms with Crippen LogP contribution in [0.2, 0.25) is 5.02 Å². The minimum Gasteiger partial charge on any atom is -0.389 e. The molecule has 1 aromatic carbocycles. The van der Waals surface area contributed by atoms with Crippen LogP contribution >= 0.6 is 11.6 Å². The van der Waals surface area contributed by atoms with Crippen LogP contribution in [0.15, 0.2) is 30.6 Å². The molecular weight excluding hydrogens is 420 g/mol. The number of benzene rings is 1. The Balaban J connectivity index is 1.53. The van der Waals surface area contributed by atoms with E-state index in [9.17, 15) is 14.7 Å². The molecule has 0 saturated heterocycles. The van der Waals surface area contributed by atoms with Crippen molar-refractivity contribution in [3.8, 4) is 0 Å². The lowest BCUT2D eigenvalue weighted by molar-refractivity contribution is -0.110. The first-order valence-electron chi connectivity index (χ1n) is 9.66. The number of fused-ring (bicyclic) bond motifs is 1. The Morgan fingerprint density at radius 1 is 1.39 bits per heavy atom. The number of amides is 2. The fourth-order valence-corrected chi connectivity index (χ4v) is 3.79. The zero-order chi connectivity index (χ0) is 22.1. The number of hydrogen-bond acceptors (Lipinski definition) is 5. The monoisotopic (exact) mass is 440 g/mol. The molecule has 3 heterocycles. The molecule has 0 saturated carbocycles. The van der Waals surface area contributed by atoms with E-state index < -0.39 is 6.10 Å². The quantitative estimate of drug-likeness (QED) is 0.437. The van der Waals surface area contributed by atoms with Crippen molar-refractivity contribution < 1.29 is 14.7 Å². The van der Waals surface area contributed by atoms with Gasteiger partial charge in [0.2, 0.25) is 0 Å². The first-order chi connectivity index (χ1) is 14.8. The van der Waals surface area contributed by atoms with Gasteiger partial charge < -0.3 is 20.7 Å². The summed E-state index contributed by atoms with van der Waals surface area (Å²) >= 11 is 6.09. The Hall–Kier alpha value is -3.43. The molecule has 3 aromatic rings. The number of carbonyl (C=O) groups is 2. The van der Waals surface area contributed by atoms with Gasteiger partial charge in [-0.15, -0.1) is 5.10 Å². The van der Waals surface area contributed by atoms with Gasteiger partial charge in [0, 0.05) is 40.4 Å². The number of hydrogen-bond donors (Lipinski definition) is 4. The average Bonchev–Trinajstić information content (AvgIpc) is 3.40.